The summed E-state index contributed by atoms with van der Waals surface area (Å²) in [5, 5.41) is 6.48. The summed E-state index contributed by atoms with van der Waals surface area (Å²) in [5.41, 5.74) is 12.7. The predicted molar refractivity (Wildman–Crippen MR) is 94.1 cm³/mol. The highest BCUT2D eigenvalue weighted by Crippen LogP contribution is 2.24. The molecule has 1 aliphatic rings. The van der Waals surface area contributed by atoms with Gasteiger partial charge in [-0.2, -0.15) is 0 Å². The van der Waals surface area contributed by atoms with Crippen LogP contribution in [0.2, 0.25) is 0 Å². The quantitative estimate of drug-likeness (QED) is 0.667. The van der Waals surface area contributed by atoms with E-state index in [1.807, 2.05) is 6.07 Å². The molecule has 7 nitrogen and oxygen atoms in total. The zero-order chi connectivity index (χ0) is 16.9. The van der Waals surface area contributed by atoms with Crippen LogP contribution in [0.15, 0.2) is 36.7 Å². The maximum Gasteiger partial charge on any atom is 0.252 e. The first-order chi connectivity index (χ1) is 11.6. The summed E-state index contributed by atoms with van der Waals surface area (Å²) in [6.07, 6.45) is 7.69. The molecule has 0 unspecified atom stereocenters. The molecule has 0 spiro atoms. The van der Waals surface area contributed by atoms with Gasteiger partial charge in [-0.05, 0) is 37.1 Å². The predicted octanol–water partition coefficient (Wildman–Crippen LogP) is 2.00. The molecule has 6 N–H and O–H groups in total. The average Bonchev–Trinajstić information content (AvgIpc) is 2.58. The maximum atomic E-state index is 11.7. The van der Waals surface area contributed by atoms with Crippen molar-refractivity contribution in [3.05, 3.63) is 42.2 Å². The van der Waals surface area contributed by atoms with E-state index in [1.54, 1.807) is 30.6 Å². The maximum absolute atomic E-state index is 11.7. The van der Waals surface area contributed by atoms with Crippen molar-refractivity contribution in [3.63, 3.8) is 0 Å². The molecule has 0 aromatic carbocycles. The van der Waals surface area contributed by atoms with Gasteiger partial charge < -0.3 is 22.1 Å². The molecule has 0 bridgehead atoms. The third-order valence-electron chi connectivity index (χ3n) is 4.24. The average molecular weight is 326 g/mol. The van der Waals surface area contributed by atoms with Crippen molar-refractivity contribution in [2.45, 2.75) is 37.8 Å². The number of carbonyl (C=O) groups excluding carboxylic acids is 1. The number of amides is 1. The molecule has 2 heterocycles. The lowest BCUT2D eigenvalue weighted by atomic mass is 9.91. The Morgan fingerprint density at radius 2 is 2.04 bits per heavy atom. The molecule has 1 saturated carbocycles. The fourth-order valence-corrected chi connectivity index (χ4v) is 2.94. The van der Waals surface area contributed by atoms with Gasteiger partial charge in [0.05, 0.1) is 17.4 Å². The van der Waals surface area contributed by atoms with Crippen LogP contribution in [0.5, 0.6) is 0 Å². The molecule has 7 heteroatoms. The normalized spacial score (nSPS) is 20.4. The van der Waals surface area contributed by atoms with Crippen LogP contribution in [0, 0.1) is 0 Å². The summed E-state index contributed by atoms with van der Waals surface area (Å²) in [4.78, 5) is 20.2. The molecule has 126 valence electrons. The molecular weight excluding hydrogens is 304 g/mol. The first-order valence-corrected chi connectivity index (χ1v) is 8.13. The number of nitrogens with zero attached hydrogens (tertiary/aromatic N) is 2. The van der Waals surface area contributed by atoms with Gasteiger partial charge in [0.1, 0.15) is 11.6 Å². The molecular formula is C17H22N6O. The van der Waals surface area contributed by atoms with Crippen LogP contribution in [-0.2, 0) is 0 Å². The van der Waals surface area contributed by atoms with E-state index >= 15 is 0 Å². The van der Waals surface area contributed by atoms with Crippen molar-refractivity contribution in [2.75, 3.05) is 10.6 Å². The van der Waals surface area contributed by atoms with E-state index in [1.165, 1.54) is 6.42 Å². The van der Waals surface area contributed by atoms with Crippen molar-refractivity contribution in [2.24, 2.45) is 11.5 Å². The minimum Gasteiger partial charge on any atom is -0.366 e. The topological polar surface area (TPSA) is 119 Å². The van der Waals surface area contributed by atoms with Gasteiger partial charge in [-0.25, -0.2) is 4.98 Å². The highest BCUT2D eigenvalue weighted by atomic mass is 16.1. The fraction of sp³-hybridized carbons (Fsp3) is 0.353. The lowest BCUT2D eigenvalue weighted by Crippen LogP contribution is -2.42. The zero-order valence-electron chi connectivity index (χ0n) is 13.4. The zero-order valence-corrected chi connectivity index (χ0v) is 13.4. The molecule has 3 rings (SSSR count). The second-order valence-electron chi connectivity index (χ2n) is 6.02. The van der Waals surface area contributed by atoms with E-state index in [-0.39, 0.29) is 12.1 Å². The molecule has 0 aliphatic heterocycles. The Hall–Kier alpha value is -2.67. The number of nitrogens with two attached hydrogens (primary N) is 2. The number of nitrogens with one attached hydrogen (secondary N) is 2. The molecule has 0 saturated heterocycles. The number of anilines is 3. The van der Waals surface area contributed by atoms with Crippen molar-refractivity contribution in [3.8, 4) is 0 Å². The van der Waals surface area contributed by atoms with Crippen molar-refractivity contribution in [1.82, 2.24) is 9.97 Å². The van der Waals surface area contributed by atoms with Gasteiger partial charge in [-0.3, -0.25) is 9.78 Å². The molecule has 1 aliphatic carbocycles. The van der Waals surface area contributed by atoms with E-state index in [2.05, 4.69) is 20.6 Å². The summed E-state index contributed by atoms with van der Waals surface area (Å²) in [6.45, 7) is 0. The molecule has 0 radical (unpaired) electrons. The molecule has 2 aromatic rings. The first kappa shape index (κ1) is 16.2. The van der Waals surface area contributed by atoms with E-state index in [0.717, 1.165) is 24.9 Å². The Morgan fingerprint density at radius 3 is 2.75 bits per heavy atom. The number of hydrogen-bond donors (Lipinski definition) is 4. The van der Waals surface area contributed by atoms with Crippen LogP contribution in [-0.4, -0.2) is 28.0 Å². The molecule has 1 fully saturated rings. The van der Waals surface area contributed by atoms with Crippen LogP contribution >= 0.6 is 0 Å². The standard InChI is InChI=1S/C17H22N6O/c18-13-5-1-2-6-14(13)22-15-8-7-12(16(19)24)17(23-15)21-11-4-3-9-20-10-11/h3-4,7-10,13-14H,1-2,5-6,18H2,(H2,19,24)(H2,21,22,23)/t13-,14+/m0/s1. The fourth-order valence-electron chi connectivity index (χ4n) is 2.94. The minimum atomic E-state index is -0.533. The second-order valence-corrected chi connectivity index (χ2v) is 6.02. The molecule has 1 amide bonds. The molecule has 2 aromatic heterocycles. The number of rotatable bonds is 5. The Morgan fingerprint density at radius 1 is 1.21 bits per heavy atom. The summed E-state index contributed by atoms with van der Waals surface area (Å²) < 4.78 is 0. The van der Waals surface area contributed by atoms with E-state index in [9.17, 15) is 4.79 Å². The van der Waals surface area contributed by atoms with Crippen molar-refractivity contribution >= 4 is 23.2 Å². The second kappa shape index (κ2) is 7.27. The Kier molecular flexibility index (Phi) is 4.90. The van der Waals surface area contributed by atoms with Gasteiger partial charge in [0.25, 0.3) is 5.91 Å². The highest BCUT2D eigenvalue weighted by Gasteiger charge is 2.22. The number of carbonyl (C=O) groups is 1. The summed E-state index contributed by atoms with van der Waals surface area (Å²) >= 11 is 0. The third kappa shape index (κ3) is 3.80. The van der Waals surface area contributed by atoms with Crippen molar-refractivity contribution < 1.29 is 4.79 Å². The van der Waals surface area contributed by atoms with E-state index < -0.39 is 5.91 Å². The van der Waals surface area contributed by atoms with Gasteiger partial charge >= 0.3 is 0 Å². The van der Waals surface area contributed by atoms with Gasteiger partial charge in [0, 0.05) is 18.3 Å². The van der Waals surface area contributed by atoms with Gasteiger partial charge in [0.15, 0.2) is 0 Å². The van der Waals surface area contributed by atoms with E-state index in [0.29, 0.717) is 17.2 Å². The van der Waals surface area contributed by atoms with Crippen molar-refractivity contribution in [1.29, 1.82) is 0 Å². The lowest BCUT2D eigenvalue weighted by Gasteiger charge is -2.29. The van der Waals surface area contributed by atoms with Crippen LogP contribution < -0.4 is 22.1 Å². The SMILES string of the molecule is NC(=O)c1ccc(N[C@@H]2CCCC[C@@H]2N)nc1Nc1cccnc1. The number of primary amides is 1. The van der Waals surface area contributed by atoms with Gasteiger partial charge in [-0.15, -0.1) is 0 Å². The summed E-state index contributed by atoms with van der Waals surface area (Å²) in [7, 11) is 0. The van der Waals surface area contributed by atoms with Crippen LogP contribution in [0.1, 0.15) is 36.0 Å². The summed E-state index contributed by atoms with van der Waals surface area (Å²) in [5.74, 6) is 0.549. The number of aromatic nitrogens is 2. The van der Waals surface area contributed by atoms with Crippen LogP contribution in [0.3, 0.4) is 0 Å². The summed E-state index contributed by atoms with van der Waals surface area (Å²) in [6, 6.07) is 7.38. The molecule has 24 heavy (non-hydrogen) atoms. The largest absolute Gasteiger partial charge is 0.366 e. The van der Waals surface area contributed by atoms with Gasteiger partial charge in [-0.1, -0.05) is 12.8 Å². The van der Waals surface area contributed by atoms with Crippen LogP contribution in [0.4, 0.5) is 17.3 Å². The minimum absolute atomic E-state index is 0.117. The van der Waals surface area contributed by atoms with Crippen LogP contribution in [0.25, 0.3) is 0 Å². The lowest BCUT2D eigenvalue weighted by molar-refractivity contribution is 0.100. The van der Waals surface area contributed by atoms with E-state index in [4.69, 9.17) is 11.5 Å². The molecule has 2 atom stereocenters. The van der Waals surface area contributed by atoms with Gasteiger partial charge in [0.2, 0.25) is 0 Å². The highest BCUT2D eigenvalue weighted by molar-refractivity contribution is 5.98. The first-order valence-electron chi connectivity index (χ1n) is 8.13. The Labute approximate surface area is 140 Å². The Balaban J connectivity index is 1.83. The monoisotopic (exact) mass is 326 g/mol. The third-order valence-corrected chi connectivity index (χ3v) is 4.24. The Bertz CT molecular complexity index is 705. The number of pyridine rings is 2. The smallest absolute Gasteiger partial charge is 0.252 e. The number of hydrogen-bond acceptors (Lipinski definition) is 6.